The van der Waals surface area contributed by atoms with E-state index in [0.29, 0.717) is 0 Å². The van der Waals surface area contributed by atoms with Crippen molar-refractivity contribution in [1.82, 2.24) is 0 Å². The Morgan fingerprint density at radius 2 is 1.42 bits per heavy atom. The van der Waals surface area contributed by atoms with E-state index in [1.54, 1.807) is 0 Å². The predicted octanol–water partition coefficient (Wildman–Crippen LogP) is 2.92. The third kappa shape index (κ3) is 4.23. The van der Waals surface area contributed by atoms with Crippen molar-refractivity contribution in [2.75, 3.05) is 5.49 Å². The quantitative estimate of drug-likeness (QED) is 0.620. The highest BCUT2D eigenvalue weighted by atomic mass is 32.2. The second kappa shape index (κ2) is 7.52. The molecule has 0 fully saturated rings. The molecule has 0 aromatic heterocycles. The lowest BCUT2D eigenvalue weighted by Gasteiger charge is -2.17. The maximum absolute atomic E-state index is 11.4. The van der Waals surface area contributed by atoms with E-state index in [2.05, 4.69) is 24.3 Å². The SMILES string of the molecule is [B]CC(=O)SCP(c1ccccc1)c1ccccc1. The van der Waals surface area contributed by atoms with Gasteiger partial charge < -0.3 is 0 Å². The van der Waals surface area contributed by atoms with Crippen LogP contribution in [0.2, 0.25) is 6.32 Å². The Kier molecular flexibility index (Phi) is 5.69. The summed E-state index contributed by atoms with van der Waals surface area (Å²) in [5, 5.41) is 2.64. The molecular weight excluding hydrogens is 270 g/mol. The van der Waals surface area contributed by atoms with Crippen molar-refractivity contribution in [1.29, 1.82) is 0 Å². The van der Waals surface area contributed by atoms with Crippen molar-refractivity contribution in [3.8, 4) is 0 Å². The topological polar surface area (TPSA) is 17.1 Å². The van der Waals surface area contributed by atoms with Crippen LogP contribution in [0.15, 0.2) is 60.7 Å². The van der Waals surface area contributed by atoms with Crippen LogP contribution in [0, 0.1) is 0 Å². The van der Waals surface area contributed by atoms with Crippen LogP contribution in [0.5, 0.6) is 0 Å². The maximum Gasteiger partial charge on any atom is 0.180 e. The Morgan fingerprint density at radius 1 is 0.947 bits per heavy atom. The summed E-state index contributed by atoms with van der Waals surface area (Å²) < 4.78 is 0. The first kappa shape index (κ1) is 14.4. The molecule has 0 amide bonds. The lowest BCUT2D eigenvalue weighted by molar-refractivity contribution is -0.109. The Morgan fingerprint density at radius 3 is 1.84 bits per heavy atom. The monoisotopic (exact) mass is 284 g/mol. The van der Waals surface area contributed by atoms with E-state index < -0.39 is 7.92 Å². The predicted molar refractivity (Wildman–Crippen MR) is 87.1 cm³/mol. The summed E-state index contributed by atoms with van der Waals surface area (Å²) in [6, 6.07) is 20.7. The van der Waals surface area contributed by atoms with Crippen molar-refractivity contribution < 1.29 is 4.79 Å². The molecule has 0 bridgehead atoms. The van der Waals surface area contributed by atoms with Crippen LogP contribution in [0.4, 0.5) is 0 Å². The molecule has 0 aliphatic rings. The second-order valence-electron chi connectivity index (χ2n) is 3.95. The smallest absolute Gasteiger partial charge is 0.180 e. The zero-order valence-corrected chi connectivity index (χ0v) is 12.2. The first-order chi connectivity index (χ1) is 9.31. The Balaban J connectivity index is 2.21. The molecule has 0 aliphatic heterocycles. The fourth-order valence-corrected chi connectivity index (χ4v) is 5.47. The van der Waals surface area contributed by atoms with Crippen LogP contribution in [-0.4, -0.2) is 18.5 Å². The normalized spacial score (nSPS) is 10.6. The molecule has 0 saturated carbocycles. The largest absolute Gasteiger partial charge is 0.288 e. The minimum atomic E-state index is -0.503. The summed E-state index contributed by atoms with van der Waals surface area (Å²) in [5.41, 5.74) is 0.791. The van der Waals surface area contributed by atoms with Crippen LogP contribution in [-0.2, 0) is 4.79 Å². The van der Waals surface area contributed by atoms with Crippen LogP contribution >= 0.6 is 19.7 Å². The van der Waals surface area contributed by atoms with Gasteiger partial charge in [0, 0.05) is 5.49 Å². The summed E-state index contributed by atoms with van der Waals surface area (Å²) in [5.74, 6) is 0. The van der Waals surface area contributed by atoms with E-state index in [-0.39, 0.29) is 11.4 Å². The molecule has 2 aromatic rings. The van der Waals surface area contributed by atoms with E-state index in [0.717, 1.165) is 5.49 Å². The van der Waals surface area contributed by atoms with Gasteiger partial charge in [-0.1, -0.05) is 72.4 Å². The lowest BCUT2D eigenvalue weighted by atomic mass is 10.1. The zero-order chi connectivity index (χ0) is 13.5. The summed E-state index contributed by atoms with van der Waals surface area (Å²) in [4.78, 5) is 11.4. The number of hydrogen-bond acceptors (Lipinski definition) is 2. The molecule has 4 heteroatoms. The molecular formula is C15H14BOPS. The molecule has 0 aliphatic carbocycles. The van der Waals surface area contributed by atoms with Crippen molar-refractivity contribution in [3.63, 3.8) is 0 Å². The molecule has 94 valence electrons. The fraction of sp³-hybridized carbons (Fsp3) is 0.133. The van der Waals surface area contributed by atoms with Gasteiger partial charge in [-0.25, -0.2) is 0 Å². The summed E-state index contributed by atoms with van der Waals surface area (Å²) >= 11 is 1.34. The number of benzene rings is 2. The van der Waals surface area contributed by atoms with Crippen molar-refractivity contribution in [2.45, 2.75) is 6.32 Å². The molecule has 0 N–H and O–H groups in total. The molecule has 0 heterocycles. The summed E-state index contributed by atoms with van der Waals surface area (Å²) in [6.07, 6.45) is 0.109. The number of rotatable bonds is 5. The molecule has 0 spiro atoms. The minimum absolute atomic E-state index is 0.0550. The highest BCUT2D eigenvalue weighted by molar-refractivity contribution is 8.18. The fourth-order valence-electron chi connectivity index (χ4n) is 1.71. The van der Waals surface area contributed by atoms with Gasteiger partial charge in [0.15, 0.2) is 5.12 Å². The van der Waals surface area contributed by atoms with Gasteiger partial charge in [0.1, 0.15) is 0 Å². The zero-order valence-electron chi connectivity index (χ0n) is 10.5. The van der Waals surface area contributed by atoms with Crippen LogP contribution in [0.1, 0.15) is 0 Å². The lowest BCUT2D eigenvalue weighted by Crippen LogP contribution is -2.13. The average Bonchev–Trinajstić information content (AvgIpc) is 2.49. The van der Waals surface area contributed by atoms with Crippen LogP contribution in [0.3, 0.4) is 0 Å². The first-order valence-corrected chi connectivity index (χ1v) is 8.56. The molecule has 2 rings (SSSR count). The van der Waals surface area contributed by atoms with E-state index in [1.807, 2.05) is 36.4 Å². The van der Waals surface area contributed by atoms with Gasteiger partial charge in [0.05, 0.1) is 7.85 Å². The number of thioether (sulfide) groups is 1. The van der Waals surface area contributed by atoms with Gasteiger partial charge in [-0.15, -0.1) is 0 Å². The Bertz CT molecular complexity index is 479. The minimum Gasteiger partial charge on any atom is -0.288 e. The standard InChI is InChI=1S/C15H14BOPS/c16-11-15(17)19-12-18(13-7-3-1-4-8-13)14-9-5-2-6-10-14/h1-10H,11-12H2. The van der Waals surface area contributed by atoms with E-state index >= 15 is 0 Å². The molecule has 0 saturated heterocycles. The highest BCUT2D eigenvalue weighted by Crippen LogP contribution is 2.37. The van der Waals surface area contributed by atoms with Crippen LogP contribution < -0.4 is 10.6 Å². The Hall–Kier alpha value is -1.05. The molecule has 0 unspecified atom stereocenters. The molecule has 19 heavy (non-hydrogen) atoms. The van der Waals surface area contributed by atoms with Gasteiger partial charge in [0.25, 0.3) is 0 Å². The van der Waals surface area contributed by atoms with Crippen molar-refractivity contribution >= 4 is 43.3 Å². The third-order valence-electron chi connectivity index (χ3n) is 2.66. The maximum atomic E-state index is 11.4. The van der Waals surface area contributed by atoms with Crippen molar-refractivity contribution in [2.24, 2.45) is 0 Å². The van der Waals surface area contributed by atoms with Crippen LogP contribution in [0.25, 0.3) is 0 Å². The Labute approximate surface area is 121 Å². The highest BCUT2D eigenvalue weighted by Gasteiger charge is 2.14. The summed E-state index contributed by atoms with van der Waals surface area (Å²) in [6.45, 7) is 0. The van der Waals surface area contributed by atoms with Gasteiger partial charge in [-0.2, -0.15) is 0 Å². The van der Waals surface area contributed by atoms with E-state index in [1.165, 1.54) is 22.4 Å². The number of carbonyl (C=O) groups is 1. The van der Waals surface area contributed by atoms with Gasteiger partial charge in [-0.3, -0.25) is 4.79 Å². The average molecular weight is 284 g/mol. The second-order valence-corrected chi connectivity index (χ2v) is 7.61. The van der Waals surface area contributed by atoms with Gasteiger partial charge in [0.2, 0.25) is 0 Å². The third-order valence-corrected chi connectivity index (χ3v) is 6.54. The number of carbonyl (C=O) groups excluding carboxylic acids is 1. The summed E-state index contributed by atoms with van der Waals surface area (Å²) in [7, 11) is 4.87. The molecule has 2 radical (unpaired) electrons. The molecule has 2 aromatic carbocycles. The van der Waals surface area contributed by atoms with E-state index in [9.17, 15) is 4.79 Å². The molecule has 1 nitrogen and oxygen atoms in total. The molecule has 0 atom stereocenters. The van der Waals surface area contributed by atoms with Gasteiger partial charge >= 0.3 is 0 Å². The number of hydrogen-bond donors (Lipinski definition) is 0. The van der Waals surface area contributed by atoms with Gasteiger partial charge in [-0.05, 0) is 24.9 Å². The van der Waals surface area contributed by atoms with Crippen molar-refractivity contribution in [3.05, 3.63) is 60.7 Å². The first-order valence-electron chi connectivity index (χ1n) is 6.04. The van der Waals surface area contributed by atoms with E-state index in [4.69, 9.17) is 7.85 Å².